The number of amides is 1. The summed E-state index contributed by atoms with van der Waals surface area (Å²) in [6, 6.07) is 0. The zero-order chi connectivity index (χ0) is 19.1. The molecule has 162 valence electrons. The molecule has 0 aromatic carbocycles. The van der Waals surface area contributed by atoms with Gasteiger partial charge in [0.05, 0.1) is 13.2 Å². The largest absolute Gasteiger partial charge is 0.378 e. The molecule has 2 saturated heterocycles. The molecule has 6 nitrogen and oxygen atoms in total. The quantitative estimate of drug-likeness (QED) is 0.362. The Kier molecular flexibility index (Phi) is 10.3. The second-order valence-electron chi connectivity index (χ2n) is 8.60. The molecule has 3 fully saturated rings. The lowest BCUT2D eigenvalue weighted by Crippen LogP contribution is -2.50. The number of likely N-dealkylation sites (tertiary alicyclic amines) is 1. The Morgan fingerprint density at radius 2 is 1.79 bits per heavy atom. The van der Waals surface area contributed by atoms with Crippen molar-refractivity contribution < 1.29 is 9.53 Å². The van der Waals surface area contributed by atoms with Gasteiger partial charge in [-0.05, 0) is 37.5 Å². The maximum atomic E-state index is 12.7. The number of carbonyl (C=O) groups is 1. The van der Waals surface area contributed by atoms with Crippen LogP contribution in [0.25, 0.3) is 0 Å². The topological polar surface area (TPSA) is 57.2 Å². The number of ether oxygens (including phenoxy) is 1. The number of carbonyl (C=O) groups excluding carboxylic acids is 1. The average Bonchev–Trinajstić information content (AvgIpc) is 2.72. The molecule has 3 aliphatic rings. The highest BCUT2D eigenvalue weighted by molar-refractivity contribution is 14.0. The Hall–Kier alpha value is -0.570. The number of hydrogen-bond acceptors (Lipinski definition) is 3. The fraction of sp³-hybridized carbons (Fsp3) is 0.905. The smallest absolute Gasteiger partial charge is 0.225 e. The van der Waals surface area contributed by atoms with Crippen molar-refractivity contribution in [3.63, 3.8) is 0 Å². The van der Waals surface area contributed by atoms with Crippen LogP contribution in [0.4, 0.5) is 0 Å². The van der Waals surface area contributed by atoms with Crippen LogP contribution in [0.5, 0.6) is 0 Å². The van der Waals surface area contributed by atoms with E-state index in [1.54, 1.807) is 0 Å². The fourth-order valence-electron chi connectivity index (χ4n) is 4.92. The summed E-state index contributed by atoms with van der Waals surface area (Å²) in [5.41, 5.74) is 0. The van der Waals surface area contributed by atoms with E-state index in [1.807, 2.05) is 11.9 Å². The van der Waals surface area contributed by atoms with Crippen LogP contribution in [0.1, 0.15) is 51.9 Å². The molecule has 1 amide bonds. The van der Waals surface area contributed by atoms with E-state index in [1.165, 1.54) is 32.1 Å². The molecule has 2 unspecified atom stereocenters. The molecule has 2 aliphatic heterocycles. The molecule has 28 heavy (non-hydrogen) atoms. The first-order chi connectivity index (χ1) is 13.2. The van der Waals surface area contributed by atoms with Gasteiger partial charge in [-0.2, -0.15) is 0 Å². The van der Waals surface area contributed by atoms with Gasteiger partial charge in [-0.15, -0.1) is 24.0 Å². The highest BCUT2D eigenvalue weighted by atomic mass is 127. The van der Waals surface area contributed by atoms with Crippen LogP contribution in [-0.4, -0.2) is 74.7 Å². The lowest BCUT2D eigenvalue weighted by molar-refractivity contribution is -0.140. The molecule has 0 spiro atoms. The van der Waals surface area contributed by atoms with E-state index in [0.29, 0.717) is 19.1 Å². The Morgan fingerprint density at radius 3 is 2.43 bits per heavy atom. The second kappa shape index (κ2) is 12.2. The summed E-state index contributed by atoms with van der Waals surface area (Å²) < 4.78 is 5.36. The van der Waals surface area contributed by atoms with Gasteiger partial charge in [0, 0.05) is 45.7 Å². The molecule has 0 aromatic rings. The molecule has 0 aromatic heterocycles. The normalized spacial score (nSPS) is 27.3. The maximum absolute atomic E-state index is 12.7. The van der Waals surface area contributed by atoms with Gasteiger partial charge in [-0.1, -0.05) is 26.2 Å². The molecule has 0 radical (unpaired) electrons. The Bertz CT molecular complexity index is 503. The van der Waals surface area contributed by atoms with Crippen LogP contribution in [0.3, 0.4) is 0 Å². The van der Waals surface area contributed by atoms with Gasteiger partial charge in [0.2, 0.25) is 5.91 Å². The number of aliphatic imine (C=N–C) groups is 1. The predicted molar refractivity (Wildman–Crippen MR) is 124 cm³/mol. The molecule has 1 saturated carbocycles. The lowest BCUT2D eigenvalue weighted by atomic mass is 9.81. The number of piperidine rings is 1. The van der Waals surface area contributed by atoms with Gasteiger partial charge in [0.25, 0.3) is 0 Å². The number of morpholine rings is 1. The number of nitrogens with one attached hydrogen (secondary N) is 1. The summed E-state index contributed by atoms with van der Waals surface area (Å²) in [4.78, 5) is 21.5. The van der Waals surface area contributed by atoms with Crippen LogP contribution in [0, 0.1) is 17.8 Å². The zero-order valence-electron chi connectivity index (χ0n) is 17.7. The lowest BCUT2D eigenvalue weighted by Gasteiger charge is -2.37. The molecule has 7 heteroatoms. The Morgan fingerprint density at radius 1 is 1.07 bits per heavy atom. The molecule has 1 N–H and O–H groups in total. The van der Waals surface area contributed by atoms with E-state index < -0.39 is 0 Å². The summed E-state index contributed by atoms with van der Waals surface area (Å²) in [6.07, 6.45) is 8.67. The van der Waals surface area contributed by atoms with E-state index in [2.05, 4.69) is 22.1 Å². The van der Waals surface area contributed by atoms with E-state index >= 15 is 0 Å². The summed E-state index contributed by atoms with van der Waals surface area (Å²) in [6.45, 7) is 8.10. The van der Waals surface area contributed by atoms with Crippen LogP contribution in [0.15, 0.2) is 4.99 Å². The highest BCUT2D eigenvalue weighted by Gasteiger charge is 2.30. The van der Waals surface area contributed by atoms with Gasteiger partial charge in [0.15, 0.2) is 5.96 Å². The van der Waals surface area contributed by atoms with Crippen molar-refractivity contribution in [3.8, 4) is 0 Å². The standard InChI is InChI=1S/C21H38N4O2.HI/c1-17-4-3-5-18(16-17)6-9-23-21(22-2)25-10-7-19(8-11-25)20(26)24-12-14-27-15-13-24;/h17-19H,3-16H2,1-2H3,(H,22,23);1H. The molecular weight excluding hydrogens is 467 g/mol. The van der Waals surface area contributed by atoms with Crippen molar-refractivity contribution in [2.45, 2.75) is 51.9 Å². The molecule has 0 bridgehead atoms. The molecular formula is C21H39IN4O2. The summed E-state index contributed by atoms with van der Waals surface area (Å²) in [7, 11) is 1.87. The minimum atomic E-state index is 0. The van der Waals surface area contributed by atoms with Crippen LogP contribution < -0.4 is 5.32 Å². The SMILES string of the molecule is CN=C(NCCC1CCCC(C)C1)N1CCC(C(=O)N2CCOCC2)CC1.I. The van der Waals surface area contributed by atoms with Crippen molar-refractivity contribution in [3.05, 3.63) is 0 Å². The van der Waals surface area contributed by atoms with Gasteiger partial charge in [-0.3, -0.25) is 9.79 Å². The van der Waals surface area contributed by atoms with Gasteiger partial charge in [-0.25, -0.2) is 0 Å². The summed E-state index contributed by atoms with van der Waals surface area (Å²) in [5.74, 6) is 3.27. The van der Waals surface area contributed by atoms with Crippen molar-refractivity contribution in [2.24, 2.45) is 22.7 Å². The second-order valence-corrected chi connectivity index (χ2v) is 8.60. The van der Waals surface area contributed by atoms with E-state index in [4.69, 9.17) is 4.74 Å². The van der Waals surface area contributed by atoms with Gasteiger partial charge >= 0.3 is 0 Å². The predicted octanol–water partition coefficient (Wildman–Crippen LogP) is 2.97. The van der Waals surface area contributed by atoms with Crippen molar-refractivity contribution in [1.82, 2.24) is 15.1 Å². The summed E-state index contributed by atoms with van der Waals surface area (Å²) >= 11 is 0. The van der Waals surface area contributed by atoms with E-state index in [-0.39, 0.29) is 29.9 Å². The minimum Gasteiger partial charge on any atom is -0.378 e. The Balaban J connectivity index is 0.00000280. The van der Waals surface area contributed by atoms with E-state index in [0.717, 1.165) is 63.4 Å². The van der Waals surface area contributed by atoms with Crippen molar-refractivity contribution in [2.75, 3.05) is 53.0 Å². The summed E-state index contributed by atoms with van der Waals surface area (Å²) in [5, 5.41) is 3.57. The molecule has 2 atom stereocenters. The number of nitrogens with zero attached hydrogens (tertiary/aromatic N) is 3. The van der Waals surface area contributed by atoms with Crippen LogP contribution >= 0.6 is 24.0 Å². The molecule has 1 aliphatic carbocycles. The maximum Gasteiger partial charge on any atom is 0.225 e. The highest BCUT2D eigenvalue weighted by Crippen LogP contribution is 2.30. The average molecular weight is 506 g/mol. The van der Waals surface area contributed by atoms with Crippen LogP contribution in [0.2, 0.25) is 0 Å². The first kappa shape index (κ1) is 23.7. The number of rotatable bonds is 4. The third-order valence-electron chi connectivity index (χ3n) is 6.56. The third-order valence-corrected chi connectivity index (χ3v) is 6.56. The monoisotopic (exact) mass is 506 g/mol. The Labute approximate surface area is 187 Å². The third kappa shape index (κ3) is 6.75. The van der Waals surface area contributed by atoms with Crippen molar-refractivity contribution in [1.29, 1.82) is 0 Å². The number of halogens is 1. The van der Waals surface area contributed by atoms with Crippen LogP contribution in [-0.2, 0) is 9.53 Å². The zero-order valence-corrected chi connectivity index (χ0v) is 20.0. The fourth-order valence-corrected chi connectivity index (χ4v) is 4.92. The van der Waals surface area contributed by atoms with Crippen molar-refractivity contribution >= 4 is 35.8 Å². The van der Waals surface area contributed by atoms with E-state index in [9.17, 15) is 4.79 Å². The molecule has 2 heterocycles. The first-order valence-electron chi connectivity index (χ1n) is 11.0. The first-order valence-corrected chi connectivity index (χ1v) is 11.0. The van der Waals surface area contributed by atoms with Gasteiger partial charge < -0.3 is 19.9 Å². The minimum absolute atomic E-state index is 0. The number of guanidine groups is 1. The van der Waals surface area contributed by atoms with Gasteiger partial charge in [0.1, 0.15) is 0 Å². The number of hydrogen-bond donors (Lipinski definition) is 1. The molecule has 3 rings (SSSR count).